The summed E-state index contributed by atoms with van der Waals surface area (Å²) in [6.45, 7) is 7.21. The molecule has 0 atom stereocenters. The van der Waals surface area contributed by atoms with Gasteiger partial charge >= 0.3 is 0 Å². The van der Waals surface area contributed by atoms with Gasteiger partial charge in [0.2, 0.25) is 17.2 Å². The molecule has 3 rings (SSSR count). The summed E-state index contributed by atoms with van der Waals surface area (Å²) in [6.07, 6.45) is 6.30. The maximum atomic E-state index is 6.03. The van der Waals surface area contributed by atoms with E-state index in [1.807, 2.05) is 0 Å². The lowest BCUT2D eigenvalue weighted by Gasteiger charge is -2.34. The fourth-order valence-electron chi connectivity index (χ4n) is 2.45. The SMILES string of the molecule is CCCN1CCN(c2nc(Cl)nc(-n3ccnc3)n2)CC1. The van der Waals surface area contributed by atoms with E-state index in [9.17, 15) is 0 Å². The average molecular weight is 308 g/mol. The predicted octanol–water partition coefficient (Wildman–Crippen LogP) is 1.24. The smallest absolute Gasteiger partial charge is 0.241 e. The van der Waals surface area contributed by atoms with Gasteiger partial charge in [-0.2, -0.15) is 15.0 Å². The molecule has 0 saturated carbocycles. The lowest BCUT2D eigenvalue weighted by atomic mass is 10.3. The van der Waals surface area contributed by atoms with Crippen LogP contribution in [0.3, 0.4) is 0 Å². The number of rotatable bonds is 4. The highest BCUT2D eigenvalue weighted by Crippen LogP contribution is 2.15. The second kappa shape index (κ2) is 6.36. The van der Waals surface area contributed by atoms with Gasteiger partial charge < -0.3 is 4.90 Å². The fourth-order valence-corrected chi connectivity index (χ4v) is 2.60. The average Bonchev–Trinajstić information content (AvgIpc) is 3.02. The Balaban J connectivity index is 1.77. The molecule has 1 fully saturated rings. The molecule has 0 spiro atoms. The van der Waals surface area contributed by atoms with Crippen LogP contribution in [0.15, 0.2) is 18.7 Å². The Kier molecular flexibility index (Phi) is 4.31. The molecule has 1 saturated heterocycles. The maximum Gasteiger partial charge on any atom is 0.241 e. The molecule has 21 heavy (non-hydrogen) atoms. The van der Waals surface area contributed by atoms with Crippen molar-refractivity contribution in [3.05, 3.63) is 24.0 Å². The van der Waals surface area contributed by atoms with E-state index in [-0.39, 0.29) is 5.28 Å². The third-order valence-corrected chi connectivity index (χ3v) is 3.68. The number of piperazine rings is 1. The molecule has 0 radical (unpaired) electrons. The molecule has 0 N–H and O–H groups in total. The van der Waals surface area contributed by atoms with Crippen LogP contribution in [0.25, 0.3) is 5.95 Å². The van der Waals surface area contributed by atoms with Crippen LogP contribution in [-0.2, 0) is 0 Å². The Hall–Kier alpha value is -1.73. The van der Waals surface area contributed by atoms with E-state index < -0.39 is 0 Å². The molecular formula is C13H18ClN7. The Morgan fingerprint density at radius 3 is 2.52 bits per heavy atom. The van der Waals surface area contributed by atoms with Gasteiger partial charge in [-0.15, -0.1) is 0 Å². The van der Waals surface area contributed by atoms with Gasteiger partial charge in [0.25, 0.3) is 0 Å². The van der Waals surface area contributed by atoms with Crippen LogP contribution >= 0.6 is 11.6 Å². The molecule has 0 bridgehead atoms. The van der Waals surface area contributed by atoms with Gasteiger partial charge in [-0.1, -0.05) is 6.92 Å². The number of halogens is 1. The second-order valence-electron chi connectivity index (χ2n) is 5.00. The van der Waals surface area contributed by atoms with E-state index >= 15 is 0 Å². The summed E-state index contributed by atoms with van der Waals surface area (Å²) in [5, 5.41) is 0.208. The first-order valence-corrected chi connectivity index (χ1v) is 7.51. The van der Waals surface area contributed by atoms with Crippen LogP contribution in [0.5, 0.6) is 0 Å². The first kappa shape index (κ1) is 14.2. The Labute approximate surface area is 128 Å². The quantitative estimate of drug-likeness (QED) is 0.847. The van der Waals surface area contributed by atoms with Crippen LogP contribution in [0.1, 0.15) is 13.3 Å². The predicted molar refractivity (Wildman–Crippen MR) is 80.9 cm³/mol. The van der Waals surface area contributed by atoms with E-state index in [1.165, 1.54) is 6.42 Å². The number of nitrogens with zero attached hydrogens (tertiary/aromatic N) is 7. The molecule has 0 amide bonds. The Morgan fingerprint density at radius 2 is 1.86 bits per heavy atom. The Bertz CT molecular complexity index is 578. The molecular weight excluding hydrogens is 290 g/mol. The van der Waals surface area contributed by atoms with Crippen molar-refractivity contribution in [2.24, 2.45) is 0 Å². The number of imidazole rings is 1. The summed E-state index contributed by atoms with van der Waals surface area (Å²) >= 11 is 6.03. The summed E-state index contributed by atoms with van der Waals surface area (Å²) in [5.74, 6) is 1.13. The van der Waals surface area contributed by atoms with Crippen molar-refractivity contribution in [3.8, 4) is 5.95 Å². The third kappa shape index (κ3) is 3.30. The maximum absolute atomic E-state index is 6.03. The lowest BCUT2D eigenvalue weighted by molar-refractivity contribution is 0.257. The fraction of sp³-hybridized carbons (Fsp3) is 0.538. The zero-order valence-electron chi connectivity index (χ0n) is 12.0. The minimum absolute atomic E-state index is 0.208. The highest BCUT2D eigenvalue weighted by molar-refractivity contribution is 6.28. The molecule has 7 nitrogen and oxygen atoms in total. The summed E-state index contributed by atoms with van der Waals surface area (Å²) < 4.78 is 1.73. The molecule has 112 valence electrons. The van der Waals surface area contributed by atoms with E-state index in [0.717, 1.165) is 32.7 Å². The topological polar surface area (TPSA) is 63.0 Å². The van der Waals surface area contributed by atoms with E-state index in [2.05, 4.69) is 36.7 Å². The van der Waals surface area contributed by atoms with Crippen molar-refractivity contribution in [3.63, 3.8) is 0 Å². The lowest BCUT2D eigenvalue weighted by Crippen LogP contribution is -2.47. The summed E-state index contributed by atoms with van der Waals surface area (Å²) in [4.78, 5) is 21.5. The number of hydrogen-bond acceptors (Lipinski definition) is 6. The molecule has 0 aromatic carbocycles. The highest BCUT2D eigenvalue weighted by atomic mass is 35.5. The van der Waals surface area contributed by atoms with Crippen molar-refractivity contribution in [2.45, 2.75) is 13.3 Å². The van der Waals surface area contributed by atoms with Crippen LogP contribution in [0.4, 0.5) is 5.95 Å². The van der Waals surface area contributed by atoms with Gasteiger partial charge in [-0.05, 0) is 24.6 Å². The van der Waals surface area contributed by atoms with Crippen LogP contribution < -0.4 is 4.90 Å². The summed E-state index contributed by atoms with van der Waals surface area (Å²) in [5.41, 5.74) is 0. The monoisotopic (exact) mass is 307 g/mol. The van der Waals surface area contributed by atoms with Crippen molar-refractivity contribution in [1.82, 2.24) is 29.4 Å². The first-order valence-electron chi connectivity index (χ1n) is 7.13. The van der Waals surface area contributed by atoms with Crippen LogP contribution in [0.2, 0.25) is 5.28 Å². The van der Waals surface area contributed by atoms with E-state index in [4.69, 9.17) is 11.6 Å². The second-order valence-corrected chi connectivity index (χ2v) is 5.34. The normalized spacial score (nSPS) is 16.4. The van der Waals surface area contributed by atoms with Crippen LogP contribution in [0, 0.1) is 0 Å². The van der Waals surface area contributed by atoms with Gasteiger partial charge in [0.1, 0.15) is 6.33 Å². The summed E-state index contributed by atoms with van der Waals surface area (Å²) in [6, 6.07) is 0. The van der Waals surface area contributed by atoms with Crippen molar-refractivity contribution >= 4 is 17.5 Å². The van der Waals surface area contributed by atoms with Gasteiger partial charge in [-0.25, -0.2) is 4.98 Å². The molecule has 0 aliphatic carbocycles. The largest absolute Gasteiger partial charge is 0.338 e. The minimum atomic E-state index is 0.208. The molecule has 2 aromatic rings. The standard InChI is InChI=1S/C13H18ClN7/c1-2-4-19-6-8-20(9-7-19)12-16-11(14)17-13(18-12)21-5-3-15-10-21/h3,5,10H,2,4,6-9H2,1H3. The first-order chi connectivity index (χ1) is 10.3. The number of hydrogen-bond donors (Lipinski definition) is 0. The van der Waals surface area contributed by atoms with Gasteiger partial charge in [-0.3, -0.25) is 9.47 Å². The molecule has 3 heterocycles. The number of aromatic nitrogens is 5. The summed E-state index contributed by atoms with van der Waals surface area (Å²) in [7, 11) is 0. The molecule has 1 aliphatic rings. The van der Waals surface area contributed by atoms with E-state index in [0.29, 0.717) is 11.9 Å². The molecule has 2 aromatic heterocycles. The zero-order valence-corrected chi connectivity index (χ0v) is 12.7. The van der Waals surface area contributed by atoms with Crippen molar-refractivity contribution in [1.29, 1.82) is 0 Å². The molecule has 1 aliphatic heterocycles. The molecule has 0 unspecified atom stereocenters. The third-order valence-electron chi connectivity index (χ3n) is 3.51. The van der Waals surface area contributed by atoms with Crippen molar-refractivity contribution < 1.29 is 0 Å². The minimum Gasteiger partial charge on any atom is -0.338 e. The van der Waals surface area contributed by atoms with Crippen molar-refractivity contribution in [2.75, 3.05) is 37.6 Å². The Morgan fingerprint density at radius 1 is 1.10 bits per heavy atom. The highest BCUT2D eigenvalue weighted by Gasteiger charge is 2.19. The van der Waals surface area contributed by atoms with Gasteiger partial charge in [0.05, 0.1) is 0 Å². The van der Waals surface area contributed by atoms with Gasteiger partial charge in [0, 0.05) is 38.6 Å². The van der Waals surface area contributed by atoms with Gasteiger partial charge in [0.15, 0.2) is 0 Å². The molecule has 8 heteroatoms. The van der Waals surface area contributed by atoms with E-state index in [1.54, 1.807) is 23.3 Å². The number of anilines is 1. The zero-order chi connectivity index (χ0) is 14.7. The van der Waals surface area contributed by atoms with Crippen LogP contribution in [-0.4, -0.2) is 62.1 Å².